The molecule has 0 spiro atoms. The first-order valence-electron chi connectivity index (χ1n) is 6.62. The Morgan fingerprint density at radius 3 is 2.48 bits per heavy atom. The zero-order valence-corrected chi connectivity index (χ0v) is 11.9. The molecule has 2 aromatic heterocycles. The molecule has 2 heterocycles. The van der Waals surface area contributed by atoms with Gasteiger partial charge in [-0.3, -0.25) is 13.9 Å². The molecule has 108 valence electrons. The third-order valence-electron chi connectivity index (χ3n) is 3.56. The molecule has 3 rings (SSSR count). The van der Waals surface area contributed by atoms with E-state index in [1.165, 1.54) is 11.6 Å². The Hall–Kier alpha value is -2.70. The van der Waals surface area contributed by atoms with E-state index in [4.69, 9.17) is 0 Å². The number of aromatic nitrogens is 5. The van der Waals surface area contributed by atoms with Crippen LogP contribution in [-0.4, -0.2) is 24.1 Å². The molecule has 21 heavy (non-hydrogen) atoms. The molecule has 0 aliphatic carbocycles. The van der Waals surface area contributed by atoms with E-state index < -0.39 is 5.56 Å². The van der Waals surface area contributed by atoms with Crippen LogP contribution in [0.1, 0.15) is 5.56 Å². The van der Waals surface area contributed by atoms with Crippen LogP contribution in [0.2, 0.25) is 0 Å². The highest BCUT2D eigenvalue weighted by molar-refractivity contribution is 5.68. The summed E-state index contributed by atoms with van der Waals surface area (Å²) in [7, 11) is 3.06. The van der Waals surface area contributed by atoms with Gasteiger partial charge in [-0.2, -0.15) is 0 Å². The van der Waals surface area contributed by atoms with Crippen molar-refractivity contribution in [2.24, 2.45) is 14.1 Å². The van der Waals surface area contributed by atoms with Crippen molar-refractivity contribution >= 4 is 11.2 Å². The van der Waals surface area contributed by atoms with E-state index in [2.05, 4.69) is 10.3 Å². The second-order valence-electron chi connectivity index (χ2n) is 4.93. The van der Waals surface area contributed by atoms with Crippen LogP contribution in [0, 0.1) is 0 Å². The zero-order chi connectivity index (χ0) is 15.0. The molecule has 0 unspecified atom stereocenters. The Kier molecular flexibility index (Phi) is 3.17. The molecule has 0 fully saturated rings. The van der Waals surface area contributed by atoms with Gasteiger partial charge in [0.25, 0.3) is 5.56 Å². The van der Waals surface area contributed by atoms with Crippen molar-refractivity contribution in [3.8, 4) is 0 Å². The maximum absolute atomic E-state index is 12.0. The Morgan fingerprint density at radius 2 is 1.76 bits per heavy atom. The van der Waals surface area contributed by atoms with Crippen molar-refractivity contribution in [2.75, 3.05) is 0 Å². The summed E-state index contributed by atoms with van der Waals surface area (Å²) in [5.41, 5.74) is 1.04. The molecule has 0 amide bonds. The quantitative estimate of drug-likeness (QED) is 0.682. The average molecular weight is 285 g/mol. The van der Waals surface area contributed by atoms with Gasteiger partial charge in [-0.1, -0.05) is 35.5 Å². The third kappa shape index (κ3) is 2.16. The van der Waals surface area contributed by atoms with Crippen molar-refractivity contribution in [3.63, 3.8) is 0 Å². The van der Waals surface area contributed by atoms with Crippen LogP contribution in [0.4, 0.5) is 0 Å². The molecule has 0 saturated carbocycles. The van der Waals surface area contributed by atoms with Gasteiger partial charge in [-0.05, 0) is 12.0 Å². The van der Waals surface area contributed by atoms with E-state index in [1.807, 2.05) is 30.3 Å². The van der Waals surface area contributed by atoms with Crippen molar-refractivity contribution in [1.82, 2.24) is 24.1 Å². The van der Waals surface area contributed by atoms with E-state index in [-0.39, 0.29) is 11.2 Å². The van der Waals surface area contributed by atoms with Crippen molar-refractivity contribution < 1.29 is 0 Å². The Balaban J connectivity index is 2.05. The van der Waals surface area contributed by atoms with E-state index in [9.17, 15) is 9.59 Å². The normalized spacial score (nSPS) is 11.1. The molecule has 0 N–H and O–H groups in total. The van der Waals surface area contributed by atoms with E-state index in [0.29, 0.717) is 12.2 Å². The van der Waals surface area contributed by atoms with E-state index in [0.717, 1.165) is 16.6 Å². The predicted octanol–water partition coefficient (Wildman–Crippen LogP) is 0.0714. The molecule has 0 atom stereocenters. The SMILES string of the molecule is Cn1c(=O)c2nnn(CCc3ccccc3)c2n(C)c1=O. The number of hydrogen-bond acceptors (Lipinski definition) is 4. The summed E-state index contributed by atoms with van der Waals surface area (Å²) in [4.78, 5) is 24.0. The Bertz CT molecular complexity index is 905. The maximum Gasteiger partial charge on any atom is 0.332 e. The summed E-state index contributed by atoms with van der Waals surface area (Å²) in [6.07, 6.45) is 0.753. The minimum atomic E-state index is -0.418. The smallest absolute Gasteiger partial charge is 0.279 e. The number of aryl methyl sites for hydroxylation is 3. The molecule has 0 bridgehead atoms. The summed E-state index contributed by atoms with van der Waals surface area (Å²) in [6, 6.07) is 9.96. The minimum Gasteiger partial charge on any atom is -0.279 e. The molecule has 0 saturated heterocycles. The molecule has 0 aliphatic rings. The lowest BCUT2D eigenvalue weighted by atomic mass is 10.1. The predicted molar refractivity (Wildman–Crippen MR) is 78.2 cm³/mol. The van der Waals surface area contributed by atoms with Gasteiger partial charge in [0.1, 0.15) is 0 Å². The highest BCUT2D eigenvalue weighted by Gasteiger charge is 2.15. The van der Waals surface area contributed by atoms with Gasteiger partial charge in [0.2, 0.25) is 0 Å². The van der Waals surface area contributed by atoms with Crippen molar-refractivity contribution in [3.05, 3.63) is 56.7 Å². The lowest BCUT2D eigenvalue weighted by molar-refractivity contribution is 0.587. The Labute approximate surface area is 120 Å². The molecule has 7 nitrogen and oxygen atoms in total. The Morgan fingerprint density at radius 1 is 1.05 bits per heavy atom. The third-order valence-corrected chi connectivity index (χ3v) is 3.56. The summed E-state index contributed by atoms with van der Waals surface area (Å²) < 4.78 is 4.05. The molecule has 7 heteroatoms. The summed E-state index contributed by atoms with van der Waals surface area (Å²) in [6.45, 7) is 0.557. The summed E-state index contributed by atoms with van der Waals surface area (Å²) in [5.74, 6) is 0. The lowest BCUT2D eigenvalue weighted by Gasteiger charge is -2.07. The van der Waals surface area contributed by atoms with Gasteiger partial charge in [0.15, 0.2) is 11.2 Å². The molecule has 1 aromatic carbocycles. The number of nitrogens with zero attached hydrogens (tertiary/aromatic N) is 5. The van der Waals surface area contributed by atoms with Gasteiger partial charge in [-0.15, -0.1) is 5.10 Å². The molecular formula is C14H15N5O2. The van der Waals surface area contributed by atoms with Crippen LogP contribution in [0.25, 0.3) is 11.2 Å². The number of fused-ring (bicyclic) bond motifs is 1. The first kappa shape index (κ1) is 13.3. The van der Waals surface area contributed by atoms with Crippen LogP contribution < -0.4 is 11.2 Å². The first-order chi connectivity index (χ1) is 10.1. The highest BCUT2D eigenvalue weighted by Crippen LogP contribution is 2.06. The zero-order valence-electron chi connectivity index (χ0n) is 11.9. The van der Waals surface area contributed by atoms with Gasteiger partial charge < -0.3 is 0 Å². The van der Waals surface area contributed by atoms with Gasteiger partial charge in [0, 0.05) is 20.6 Å². The molecule has 0 aliphatic heterocycles. The average Bonchev–Trinajstić information content (AvgIpc) is 2.94. The maximum atomic E-state index is 12.0. The molecule has 0 radical (unpaired) electrons. The van der Waals surface area contributed by atoms with Crippen LogP contribution in [-0.2, 0) is 27.1 Å². The van der Waals surface area contributed by atoms with Gasteiger partial charge >= 0.3 is 5.69 Å². The van der Waals surface area contributed by atoms with Crippen molar-refractivity contribution in [2.45, 2.75) is 13.0 Å². The second-order valence-corrected chi connectivity index (χ2v) is 4.93. The number of rotatable bonds is 3. The van der Waals surface area contributed by atoms with Crippen LogP contribution in [0.15, 0.2) is 39.9 Å². The molecule has 3 aromatic rings. The summed E-state index contributed by atoms with van der Waals surface area (Å²) >= 11 is 0. The topological polar surface area (TPSA) is 74.7 Å². The van der Waals surface area contributed by atoms with Gasteiger partial charge in [0.05, 0.1) is 0 Å². The largest absolute Gasteiger partial charge is 0.332 e. The van der Waals surface area contributed by atoms with E-state index in [1.54, 1.807) is 11.7 Å². The van der Waals surface area contributed by atoms with Crippen LogP contribution >= 0.6 is 0 Å². The standard InChI is InChI=1S/C14H15N5O2/c1-17-12-11(13(20)18(2)14(17)21)15-16-19(12)9-8-10-6-4-3-5-7-10/h3-7H,8-9H2,1-2H3. The number of benzene rings is 1. The van der Waals surface area contributed by atoms with Crippen LogP contribution in [0.3, 0.4) is 0 Å². The van der Waals surface area contributed by atoms with E-state index >= 15 is 0 Å². The fourth-order valence-electron chi connectivity index (χ4n) is 2.37. The second kappa shape index (κ2) is 5.01. The van der Waals surface area contributed by atoms with Crippen molar-refractivity contribution in [1.29, 1.82) is 0 Å². The highest BCUT2D eigenvalue weighted by atomic mass is 16.2. The monoisotopic (exact) mass is 285 g/mol. The fourth-order valence-corrected chi connectivity index (χ4v) is 2.37. The van der Waals surface area contributed by atoms with Gasteiger partial charge in [-0.25, -0.2) is 9.48 Å². The molecular weight excluding hydrogens is 270 g/mol. The van der Waals surface area contributed by atoms with Crippen LogP contribution in [0.5, 0.6) is 0 Å². The summed E-state index contributed by atoms with van der Waals surface area (Å²) in [5, 5.41) is 7.92. The first-order valence-corrected chi connectivity index (χ1v) is 6.62. The minimum absolute atomic E-state index is 0.215. The lowest BCUT2D eigenvalue weighted by Crippen LogP contribution is -2.37. The fraction of sp³-hybridized carbons (Fsp3) is 0.286. The number of hydrogen-bond donors (Lipinski definition) is 0.